The molecule has 0 saturated carbocycles. The molecular weight excluding hydrogens is 306 g/mol. The van der Waals surface area contributed by atoms with Gasteiger partial charge in [-0.1, -0.05) is 0 Å². The van der Waals surface area contributed by atoms with E-state index in [9.17, 15) is 9.59 Å². The lowest BCUT2D eigenvalue weighted by Crippen LogP contribution is -2.50. The molecule has 1 unspecified atom stereocenters. The Kier molecular flexibility index (Phi) is 5.23. The van der Waals surface area contributed by atoms with E-state index in [1.54, 1.807) is 6.07 Å². The van der Waals surface area contributed by atoms with Gasteiger partial charge in [-0.25, -0.2) is 0 Å². The van der Waals surface area contributed by atoms with Crippen LogP contribution in [0.1, 0.15) is 41.1 Å². The SMILES string of the molecule is Cc1cc(C(=O)N2CCN(C(=O)CCC3CCNC3)CC2)c(C)o1. The van der Waals surface area contributed by atoms with Crippen molar-refractivity contribution in [3.05, 3.63) is 23.2 Å². The highest BCUT2D eigenvalue weighted by molar-refractivity contribution is 5.95. The highest BCUT2D eigenvalue weighted by atomic mass is 16.3. The van der Waals surface area contributed by atoms with Crippen molar-refractivity contribution in [3.8, 4) is 0 Å². The molecule has 2 aliphatic heterocycles. The molecule has 0 aliphatic carbocycles. The highest BCUT2D eigenvalue weighted by Crippen LogP contribution is 2.18. The lowest BCUT2D eigenvalue weighted by molar-refractivity contribution is -0.132. The van der Waals surface area contributed by atoms with Gasteiger partial charge in [0.1, 0.15) is 11.5 Å². The minimum atomic E-state index is 0.00785. The van der Waals surface area contributed by atoms with Gasteiger partial charge in [-0.2, -0.15) is 0 Å². The van der Waals surface area contributed by atoms with E-state index in [2.05, 4.69) is 5.32 Å². The average molecular weight is 333 g/mol. The second-order valence-corrected chi connectivity index (χ2v) is 6.90. The molecule has 1 aromatic rings. The minimum absolute atomic E-state index is 0.00785. The summed E-state index contributed by atoms with van der Waals surface area (Å²) in [6.45, 7) is 8.23. The number of carbonyl (C=O) groups excluding carboxylic acids is 2. The molecule has 1 aromatic heterocycles. The Labute approximate surface area is 143 Å². The van der Waals surface area contributed by atoms with Gasteiger partial charge in [0.15, 0.2) is 0 Å². The Morgan fingerprint density at radius 2 is 1.92 bits per heavy atom. The monoisotopic (exact) mass is 333 g/mol. The first-order valence-electron chi connectivity index (χ1n) is 8.89. The Morgan fingerprint density at radius 1 is 1.21 bits per heavy atom. The Balaban J connectivity index is 1.47. The lowest BCUT2D eigenvalue weighted by Gasteiger charge is -2.35. The normalized spacial score (nSPS) is 21.3. The van der Waals surface area contributed by atoms with Crippen molar-refractivity contribution in [2.24, 2.45) is 5.92 Å². The molecule has 2 saturated heterocycles. The smallest absolute Gasteiger partial charge is 0.257 e. The summed E-state index contributed by atoms with van der Waals surface area (Å²) < 4.78 is 5.45. The lowest BCUT2D eigenvalue weighted by atomic mass is 10.0. The summed E-state index contributed by atoms with van der Waals surface area (Å²) in [6.07, 6.45) is 2.78. The molecule has 2 amide bonds. The molecule has 132 valence electrons. The van der Waals surface area contributed by atoms with Crippen LogP contribution in [-0.2, 0) is 4.79 Å². The van der Waals surface area contributed by atoms with E-state index in [4.69, 9.17) is 4.42 Å². The largest absolute Gasteiger partial charge is 0.466 e. The molecule has 3 rings (SSSR count). The summed E-state index contributed by atoms with van der Waals surface area (Å²) in [5, 5.41) is 3.34. The number of rotatable bonds is 4. The van der Waals surface area contributed by atoms with Crippen molar-refractivity contribution in [3.63, 3.8) is 0 Å². The average Bonchev–Trinajstić information content (AvgIpc) is 3.21. The van der Waals surface area contributed by atoms with E-state index in [0.717, 1.165) is 25.3 Å². The van der Waals surface area contributed by atoms with Gasteiger partial charge < -0.3 is 19.5 Å². The number of amides is 2. The fourth-order valence-corrected chi connectivity index (χ4v) is 3.62. The third-order valence-corrected chi connectivity index (χ3v) is 5.12. The number of piperazine rings is 1. The van der Waals surface area contributed by atoms with Crippen molar-refractivity contribution < 1.29 is 14.0 Å². The maximum Gasteiger partial charge on any atom is 0.257 e. The van der Waals surface area contributed by atoms with Crippen LogP contribution in [0.4, 0.5) is 0 Å². The first-order chi connectivity index (χ1) is 11.5. The fourth-order valence-electron chi connectivity index (χ4n) is 3.62. The summed E-state index contributed by atoms with van der Waals surface area (Å²) in [7, 11) is 0. The number of hydrogen-bond donors (Lipinski definition) is 1. The van der Waals surface area contributed by atoms with Gasteiger partial charge in [-0.3, -0.25) is 9.59 Å². The molecule has 0 spiro atoms. The third-order valence-electron chi connectivity index (χ3n) is 5.12. The summed E-state index contributed by atoms with van der Waals surface area (Å²) in [6, 6.07) is 1.80. The minimum Gasteiger partial charge on any atom is -0.466 e. The number of nitrogens with zero attached hydrogens (tertiary/aromatic N) is 2. The Bertz CT molecular complexity index is 597. The van der Waals surface area contributed by atoms with Crippen molar-refractivity contribution in [1.29, 1.82) is 0 Å². The fraction of sp³-hybridized carbons (Fsp3) is 0.667. The van der Waals surface area contributed by atoms with Crippen LogP contribution in [0, 0.1) is 19.8 Å². The van der Waals surface area contributed by atoms with Crippen LogP contribution in [0.15, 0.2) is 10.5 Å². The van der Waals surface area contributed by atoms with Crippen molar-refractivity contribution in [2.75, 3.05) is 39.3 Å². The van der Waals surface area contributed by atoms with Gasteiger partial charge in [0.2, 0.25) is 5.91 Å². The number of furan rings is 1. The highest BCUT2D eigenvalue weighted by Gasteiger charge is 2.27. The van der Waals surface area contributed by atoms with Gasteiger partial charge in [0.25, 0.3) is 5.91 Å². The predicted octanol–water partition coefficient (Wildman–Crippen LogP) is 1.57. The molecule has 6 nitrogen and oxygen atoms in total. The molecule has 2 aliphatic rings. The molecule has 1 atom stereocenters. The van der Waals surface area contributed by atoms with Gasteiger partial charge in [0, 0.05) is 32.6 Å². The van der Waals surface area contributed by atoms with E-state index in [0.29, 0.717) is 49.8 Å². The maximum atomic E-state index is 12.6. The summed E-state index contributed by atoms with van der Waals surface area (Å²) in [5.41, 5.74) is 0.640. The number of nitrogens with one attached hydrogen (secondary N) is 1. The molecule has 0 aromatic carbocycles. The van der Waals surface area contributed by atoms with Crippen LogP contribution in [0.2, 0.25) is 0 Å². The van der Waals surface area contributed by atoms with E-state index < -0.39 is 0 Å². The van der Waals surface area contributed by atoms with Crippen LogP contribution >= 0.6 is 0 Å². The Hall–Kier alpha value is -1.82. The summed E-state index contributed by atoms with van der Waals surface area (Å²) in [4.78, 5) is 28.6. The van der Waals surface area contributed by atoms with Gasteiger partial charge in [-0.15, -0.1) is 0 Å². The number of hydrogen-bond acceptors (Lipinski definition) is 4. The van der Waals surface area contributed by atoms with E-state index >= 15 is 0 Å². The zero-order valence-electron chi connectivity index (χ0n) is 14.6. The van der Waals surface area contributed by atoms with Crippen LogP contribution in [-0.4, -0.2) is 60.9 Å². The zero-order valence-corrected chi connectivity index (χ0v) is 14.6. The van der Waals surface area contributed by atoms with Gasteiger partial charge in [-0.05, 0) is 51.8 Å². The van der Waals surface area contributed by atoms with Crippen molar-refractivity contribution >= 4 is 11.8 Å². The third kappa shape index (κ3) is 3.80. The number of aryl methyl sites for hydroxylation is 2. The van der Waals surface area contributed by atoms with Crippen LogP contribution in [0.5, 0.6) is 0 Å². The van der Waals surface area contributed by atoms with E-state index in [1.165, 1.54) is 6.42 Å². The maximum absolute atomic E-state index is 12.6. The van der Waals surface area contributed by atoms with Crippen molar-refractivity contribution in [1.82, 2.24) is 15.1 Å². The standard InChI is InChI=1S/C18H27N3O3/c1-13-11-16(14(2)24-13)18(23)21-9-7-20(8-10-21)17(22)4-3-15-5-6-19-12-15/h11,15,19H,3-10,12H2,1-2H3. The topological polar surface area (TPSA) is 65.8 Å². The predicted molar refractivity (Wildman–Crippen MR) is 90.9 cm³/mol. The van der Waals surface area contributed by atoms with E-state index in [-0.39, 0.29) is 11.8 Å². The first kappa shape index (κ1) is 17.0. The van der Waals surface area contributed by atoms with Crippen molar-refractivity contribution in [2.45, 2.75) is 33.1 Å². The summed E-state index contributed by atoms with van der Waals surface area (Å²) in [5.74, 6) is 2.30. The quantitative estimate of drug-likeness (QED) is 0.908. The molecule has 3 heterocycles. The van der Waals surface area contributed by atoms with E-state index in [1.807, 2.05) is 23.6 Å². The Morgan fingerprint density at radius 3 is 2.50 bits per heavy atom. The number of carbonyl (C=O) groups is 2. The van der Waals surface area contributed by atoms with Gasteiger partial charge >= 0.3 is 0 Å². The second kappa shape index (κ2) is 7.38. The molecule has 0 bridgehead atoms. The van der Waals surface area contributed by atoms with Crippen LogP contribution in [0.25, 0.3) is 0 Å². The first-order valence-corrected chi connectivity index (χ1v) is 8.89. The van der Waals surface area contributed by atoms with Gasteiger partial charge in [0.05, 0.1) is 5.56 Å². The molecule has 2 fully saturated rings. The van der Waals surface area contributed by atoms with Crippen LogP contribution < -0.4 is 5.32 Å². The molecule has 1 N–H and O–H groups in total. The molecular formula is C18H27N3O3. The second-order valence-electron chi connectivity index (χ2n) is 6.90. The van der Waals surface area contributed by atoms with Crippen LogP contribution in [0.3, 0.4) is 0 Å². The summed E-state index contributed by atoms with van der Waals surface area (Å²) >= 11 is 0. The molecule has 0 radical (unpaired) electrons. The zero-order chi connectivity index (χ0) is 17.1. The molecule has 6 heteroatoms. The molecule has 24 heavy (non-hydrogen) atoms.